The number of nitrogens with one attached hydrogen (secondary N) is 1. The fourth-order valence-electron chi connectivity index (χ4n) is 1.76. The number of benzene rings is 1. The number of halogens is 1. The molecule has 102 valence electrons. The van der Waals surface area contributed by atoms with Crippen LogP contribution in [-0.2, 0) is 4.79 Å². The minimum absolute atomic E-state index is 0.0156. The van der Waals surface area contributed by atoms with E-state index in [0.29, 0.717) is 6.42 Å². The van der Waals surface area contributed by atoms with Gasteiger partial charge in [-0.3, -0.25) is 4.79 Å². The third kappa shape index (κ3) is 5.00. The monoisotopic (exact) mass is 406 g/mol. The number of amides is 1. The van der Waals surface area contributed by atoms with Gasteiger partial charge in [-0.05, 0) is 47.2 Å². The van der Waals surface area contributed by atoms with E-state index in [-0.39, 0.29) is 9.99 Å². The van der Waals surface area contributed by atoms with Gasteiger partial charge in [-0.15, -0.1) is 23.5 Å². The summed E-state index contributed by atoms with van der Waals surface area (Å²) in [6.45, 7) is 2.12. The molecular weight excluding hydrogens is 391 g/mol. The lowest BCUT2D eigenvalue weighted by Crippen LogP contribution is -2.26. The topological polar surface area (TPSA) is 41.5 Å². The first-order chi connectivity index (χ1) is 9.07. The maximum atomic E-state index is 11.8. The molecule has 0 aromatic heterocycles. The van der Waals surface area contributed by atoms with Gasteiger partial charge in [0.25, 0.3) is 0 Å². The molecule has 1 aromatic carbocycles. The summed E-state index contributed by atoms with van der Waals surface area (Å²) < 4.78 is 1.17. The Morgan fingerprint density at radius 3 is 2.95 bits per heavy atom. The molecule has 3 nitrogen and oxygen atoms in total. The predicted octanol–water partition coefficient (Wildman–Crippen LogP) is 3.33. The second-order valence-corrected chi connectivity index (χ2v) is 9.06. The number of rotatable bonds is 4. The van der Waals surface area contributed by atoms with Gasteiger partial charge in [0.1, 0.15) is 0 Å². The number of hydrogen-bond acceptors (Lipinski definition) is 4. The first kappa shape index (κ1) is 15.2. The Kier molecular flexibility index (Phi) is 5.58. The molecule has 1 amide bonds. The molecule has 0 saturated carbocycles. The minimum atomic E-state index is -0.0220. The van der Waals surface area contributed by atoms with E-state index in [9.17, 15) is 4.79 Å². The van der Waals surface area contributed by atoms with Crippen molar-refractivity contribution in [3.63, 3.8) is 0 Å². The molecule has 1 aliphatic rings. The van der Waals surface area contributed by atoms with Crippen LogP contribution in [0.2, 0.25) is 0 Å². The predicted molar refractivity (Wildman–Crippen MR) is 92.8 cm³/mol. The zero-order valence-corrected chi connectivity index (χ0v) is 14.3. The lowest BCUT2D eigenvalue weighted by atomic mass is 10.2. The first-order valence-corrected chi connectivity index (χ1v) is 8.98. The largest absolute Gasteiger partial charge is 0.273 e. The Hall–Kier alpha value is -0.210. The SMILES string of the molecule is CC1(CC(=O)NN=Cc2cccc(I)c2)SCCS1. The van der Waals surface area contributed by atoms with Crippen molar-refractivity contribution >= 4 is 58.2 Å². The van der Waals surface area contributed by atoms with Crippen LogP contribution in [0.15, 0.2) is 29.4 Å². The third-order valence-corrected chi connectivity index (χ3v) is 6.59. The van der Waals surface area contributed by atoms with E-state index in [1.54, 1.807) is 6.21 Å². The standard InChI is InChI=1S/C13H15IN2OS2/c1-13(18-5-6-19-13)8-12(17)16-15-9-10-3-2-4-11(14)7-10/h2-4,7,9H,5-6,8H2,1H3,(H,16,17). The fourth-order valence-corrected chi connectivity index (χ4v) is 5.15. The number of nitrogens with zero attached hydrogens (tertiary/aromatic N) is 1. The zero-order chi connectivity index (χ0) is 13.7. The average Bonchev–Trinajstić information content (AvgIpc) is 2.75. The van der Waals surface area contributed by atoms with Crippen LogP contribution in [0.1, 0.15) is 18.9 Å². The molecule has 1 N–H and O–H groups in total. The third-order valence-electron chi connectivity index (χ3n) is 2.63. The number of carbonyl (C=O) groups excluding carboxylic acids is 1. The van der Waals surface area contributed by atoms with E-state index < -0.39 is 0 Å². The number of carbonyl (C=O) groups is 1. The summed E-state index contributed by atoms with van der Waals surface area (Å²) >= 11 is 5.96. The normalized spacial score (nSPS) is 17.8. The molecule has 1 aliphatic heterocycles. The van der Waals surface area contributed by atoms with Gasteiger partial charge >= 0.3 is 0 Å². The highest BCUT2D eigenvalue weighted by Gasteiger charge is 2.32. The van der Waals surface area contributed by atoms with Crippen LogP contribution in [0.25, 0.3) is 0 Å². The zero-order valence-electron chi connectivity index (χ0n) is 10.6. The van der Waals surface area contributed by atoms with Crippen LogP contribution in [0, 0.1) is 3.57 Å². The van der Waals surface area contributed by atoms with Gasteiger partial charge in [0.15, 0.2) is 0 Å². The van der Waals surface area contributed by atoms with E-state index in [4.69, 9.17) is 0 Å². The molecule has 0 atom stereocenters. The molecule has 0 unspecified atom stereocenters. The number of hydrazone groups is 1. The molecule has 0 aliphatic carbocycles. The molecule has 1 saturated heterocycles. The van der Waals surface area contributed by atoms with Crippen LogP contribution in [0.5, 0.6) is 0 Å². The number of thioether (sulfide) groups is 2. The molecule has 1 fully saturated rings. The van der Waals surface area contributed by atoms with Gasteiger partial charge in [-0.25, -0.2) is 5.43 Å². The van der Waals surface area contributed by atoms with Crippen LogP contribution < -0.4 is 5.43 Å². The molecule has 1 heterocycles. The fraction of sp³-hybridized carbons (Fsp3) is 0.385. The first-order valence-electron chi connectivity index (χ1n) is 5.93. The average molecular weight is 406 g/mol. The van der Waals surface area contributed by atoms with Gasteiger partial charge in [0.2, 0.25) is 5.91 Å². The maximum absolute atomic E-state index is 11.8. The summed E-state index contributed by atoms with van der Waals surface area (Å²) in [6, 6.07) is 7.96. The van der Waals surface area contributed by atoms with E-state index >= 15 is 0 Å². The Morgan fingerprint density at radius 1 is 1.53 bits per heavy atom. The lowest BCUT2D eigenvalue weighted by molar-refractivity contribution is -0.121. The highest BCUT2D eigenvalue weighted by Crippen LogP contribution is 2.45. The summed E-state index contributed by atoms with van der Waals surface area (Å²) in [5.74, 6) is 2.23. The van der Waals surface area contributed by atoms with Crippen molar-refractivity contribution in [1.29, 1.82) is 0 Å². The highest BCUT2D eigenvalue weighted by atomic mass is 127. The second-order valence-electron chi connectivity index (χ2n) is 4.36. The van der Waals surface area contributed by atoms with Gasteiger partial charge in [0, 0.05) is 15.1 Å². The molecule has 19 heavy (non-hydrogen) atoms. The van der Waals surface area contributed by atoms with Crippen molar-refractivity contribution in [1.82, 2.24) is 5.43 Å². The van der Waals surface area contributed by atoms with E-state index in [0.717, 1.165) is 20.6 Å². The molecule has 2 rings (SSSR count). The van der Waals surface area contributed by atoms with Crippen LogP contribution in [0.3, 0.4) is 0 Å². The molecule has 0 bridgehead atoms. The molecule has 1 aromatic rings. The van der Waals surface area contributed by atoms with Crippen molar-refractivity contribution in [3.8, 4) is 0 Å². The van der Waals surface area contributed by atoms with Crippen molar-refractivity contribution in [2.24, 2.45) is 5.10 Å². The molecular formula is C13H15IN2OS2. The summed E-state index contributed by atoms with van der Waals surface area (Å²) in [4.78, 5) is 11.8. The Bertz CT molecular complexity index is 487. The Morgan fingerprint density at radius 2 is 2.26 bits per heavy atom. The lowest BCUT2D eigenvalue weighted by Gasteiger charge is -2.19. The Balaban J connectivity index is 1.83. The van der Waals surface area contributed by atoms with Gasteiger partial charge in [-0.1, -0.05) is 12.1 Å². The van der Waals surface area contributed by atoms with Crippen LogP contribution >= 0.6 is 46.1 Å². The van der Waals surface area contributed by atoms with Crippen molar-refractivity contribution < 1.29 is 4.79 Å². The summed E-state index contributed by atoms with van der Waals surface area (Å²) in [5.41, 5.74) is 3.59. The summed E-state index contributed by atoms with van der Waals surface area (Å²) in [6.07, 6.45) is 2.18. The van der Waals surface area contributed by atoms with Crippen LogP contribution in [-0.4, -0.2) is 27.7 Å². The Labute approximate surface area is 135 Å². The van der Waals surface area contributed by atoms with Gasteiger partial charge in [-0.2, -0.15) is 5.10 Å². The van der Waals surface area contributed by atoms with Gasteiger partial charge < -0.3 is 0 Å². The highest BCUT2D eigenvalue weighted by molar-refractivity contribution is 14.1. The summed E-state index contributed by atoms with van der Waals surface area (Å²) in [5, 5.41) is 4.01. The minimum Gasteiger partial charge on any atom is -0.273 e. The molecule has 6 heteroatoms. The summed E-state index contributed by atoms with van der Waals surface area (Å²) in [7, 11) is 0. The smallest absolute Gasteiger partial charge is 0.242 e. The van der Waals surface area contributed by atoms with E-state index in [1.165, 1.54) is 0 Å². The van der Waals surface area contributed by atoms with Gasteiger partial charge in [0.05, 0.1) is 16.7 Å². The molecule has 0 radical (unpaired) electrons. The molecule has 0 spiro atoms. The van der Waals surface area contributed by atoms with E-state index in [1.807, 2.05) is 47.8 Å². The van der Waals surface area contributed by atoms with Crippen molar-refractivity contribution in [3.05, 3.63) is 33.4 Å². The van der Waals surface area contributed by atoms with E-state index in [2.05, 4.69) is 40.0 Å². The second kappa shape index (κ2) is 6.99. The quantitative estimate of drug-likeness (QED) is 0.474. The van der Waals surface area contributed by atoms with Crippen LogP contribution in [0.4, 0.5) is 0 Å². The van der Waals surface area contributed by atoms with Crippen molar-refractivity contribution in [2.45, 2.75) is 17.4 Å². The van der Waals surface area contributed by atoms with Crippen molar-refractivity contribution in [2.75, 3.05) is 11.5 Å². The maximum Gasteiger partial charge on any atom is 0.242 e. The number of hydrogen-bond donors (Lipinski definition) is 1.